The van der Waals surface area contributed by atoms with Crippen LogP contribution < -0.4 is 4.74 Å². The van der Waals surface area contributed by atoms with Gasteiger partial charge in [0.1, 0.15) is 5.75 Å². The molecule has 1 aliphatic heterocycles. The number of aliphatic hydroxyl groups excluding tert-OH is 1. The molecule has 0 bridgehead atoms. The lowest BCUT2D eigenvalue weighted by Crippen LogP contribution is -2.39. The summed E-state index contributed by atoms with van der Waals surface area (Å²) in [5, 5.41) is 10.7. The summed E-state index contributed by atoms with van der Waals surface area (Å²) in [5.74, 6) is 0.859. The maximum Gasteiger partial charge on any atom is 0.119 e. The van der Waals surface area contributed by atoms with Crippen molar-refractivity contribution in [3.63, 3.8) is 0 Å². The molecule has 30 heavy (non-hydrogen) atoms. The van der Waals surface area contributed by atoms with Crippen LogP contribution in [0.5, 0.6) is 5.75 Å². The number of rotatable bonds is 7. The molecular formula is C26H30ClNO2. The Morgan fingerprint density at radius 1 is 0.967 bits per heavy atom. The summed E-state index contributed by atoms with van der Waals surface area (Å²) in [4.78, 5) is 2.53. The molecule has 3 aromatic carbocycles. The van der Waals surface area contributed by atoms with Gasteiger partial charge in [-0.25, -0.2) is 0 Å². The molecule has 0 aromatic heterocycles. The third-order valence-corrected chi connectivity index (χ3v) is 6.30. The van der Waals surface area contributed by atoms with E-state index in [-0.39, 0.29) is 30.5 Å². The highest BCUT2D eigenvalue weighted by Crippen LogP contribution is 2.49. The SMILES string of the molecule is COc1cccc(C2N(CCc3ccccc3)CCC2(CO)c2ccccc2)c1.Cl. The Morgan fingerprint density at radius 2 is 1.67 bits per heavy atom. The Morgan fingerprint density at radius 3 is 2.33 bits per heavy atom. The largest absolute Gasteiger partial charge is 0.497 e. The van der Waals surface area contributed by atoms with Gasteiger partial charge in [-0.15, -0.1) is 12.4 Å². The lowest BCUT2D eigenvalue weighted by Gasteiger charge is -2.38. The van der Waals surface area contributed by atoms with Crippen LogP contribution >= 0.6 is 12.4 Å². The van der Waals surface area contributed by atoms with Crippen molar-refractivity contribution in [2.24, 2.45) is 0 Å². The molecule has 3 nitrogen and oxygen atoms in total. The van der Waals surface area contributed by atoms with Crippen molar-refractivity contribution in [3.05, 3.63) is 102 Å². The summed E-state index contributed by atoms with van der Waals surface area (Å²) in [6.07, 6.45) is 1.93. The van der Waals surface area contributed by atoms with Gasteiger partial charge in [0.25, 0.3) is 0 Å². The van der Waals surface area contributed by atoms with E-state index < -0.39 is 0 Å². The summed E-state index contributed by atoms with van der Waals surface area (Å²) in [7, 11) is 1.71. The fraction of sp³-hybridized carbons (Fsp3) is 0.308. The Hall–Kier alpha value is -2.33. The van der Waals surface area contributed by atoms with Crippen molar-refractivity contribution in [3.8, 4) is 5.75 Å². The second-order valence-electron chi connectivity index (χ2n) is 7.88. The first-order valence-corrected chi connectivity index (χ1v) is 10.3. The summed E-state index contributed by atoms with van der Waals surface area (Å²) in [6.45, 7) is 2.05. The van der Waals surface area contributed by atoms with Crippen molar-refractivity contribution < 1.29 is 9.84 Å². The molecule has 4 rings (SSSR count). The van der Waals surface area contributed by atoms with Crippen molar-refractivity contribution in [2.75, 3.05) is 26.8 Å². The van der Waals surface area contributed by atoms with Crippen LogP contribution in [0.4, 0.5) is 0 Å². The van der Waals surface area contributed by atoms with Gasteiger partial charge < -0.3 is 9.84 Å². The van der Waals surface area contributed by atoms with E-state index in [9.17, 15) is 5.11 Å². The van der Waals surface area contributed by atoms with Crippen molar-refractivity contribution in [1.82, 2.24) is 4.90 Å². The number of nitrogens with zero attached hydrogens (tertiary/aromatic N) is 1. The van der Waals surface area contributed by atoms with E-state index in [1.807, 2.05) is 12.1 Å². The van der Waals surface area contributed by atoms with Gasteiger partial charge in [0.2, 0.25) is 0 Å². The van der Waals surface area contributed by atoms with Gasteiger partial charge in [-0.1, -0.05) is 72.8 Å². The first kappa shape index (κ1) is 22.4. The van der Waals surface area contributed by atoms with Crippen LogP contribution in [0.1, 0.15) is 29.2 Å². The quantitative estimate of drug-likeness (QED) is 0.578. The predicted octanol–water partition coefficient (Wildman–Crippen LogP) is 5.04. The number of hydrogen-bond acceptors (Lipinski definition) is 3. The molecule has 1 fully saturated rings. The monoisotopic (exact) mass is 423 g/mol. The molecule has 1 heterocycles. The average molecular weight is 424 g/mol. The van der Waals surface area contributed by atoms with Crippen LogP contribution in [0.3, 0.4) is 0 Å². The number of halogens is 1. The van der Waals surface area contributed by atoms with Crippen LogP contribution in [0.15, 0.2) is 84.9 Å². The summed E-state index contributed by atoms with van der Waals surface area (Å²) < 4.78 is 5.51. The van der Waals surface area contributed by atoms with Crippen LogP contribution in [0.2, 0.25) is 0 Å². The van der Waals surface area contributed by atoms with E-state index in [2.05, 4.69) is 77.7 Å². The minimum Gasteiger partial charge on any atom is -0.497 e. The number of methoxy groups -OCH3 is 1. The first-order chi connectivity index (χ1) is 14.3. The Balaban J connectivity index is 0.00000256. The Kier molecular flexibility index (Phi) is 7.54. The van der Waals surface area contributed by atoms with Crippen LogP contribution in [-0.4, -0.2) is 36.8 Å². The molecule has 3 aromatic rings. The average Bonchev–Trinajstić information content (AvgIpc) is 3.18. The van der Waals surface area contributed by atoms with Crippen molar-refractivity contribution >= 4 is 12.4 Å². The zero-order valence-electron chi connectivity index (χ0n) is 17.4. The molecule has 0 spiro atoms. The Labute approximate surface area is 185 Å². The summed E-state index contributed by atoms with van der Waals surface area (Å²) in [5.41, 5.74) is 3.44. The fourth-order valence-corrected chi connectivity index (χ4v) is 4.79. The molecule has 1 N–H and O–H groups in total. The van der Waals surface area contributed by atoms with E-state index in [0.717, 1.165) is 31.7 Å². The first-order valence-electron chi connectivity index (χ1n) is 10.3. The Bertz CT molecular complexity index is 919. The highest BCUT2D eigenvalue weighted by atomic mass is 35.5. The van der Waals surface area contributed by atoms with Gasteiger partial charge in [0.05, 0.1) is 13.7 Å². The number of ether oxygens (including phenoxy) is 1. The molecule has 4 heteroatoms. The zero-order chi connectivity index (χ0) is 20.1. The lowest BCUT2D eigenvalue weighted by atomic mass is 9.72. The number of benzene rings is 3. The van der Waals surface area contributed by atoms with Crippen molar-refractivity contribution in [2.45, 2.75) is 24.3 Å². The third kappa shape index (κ3) is 4.39. The van der Waals surface area contributed by atoms with Crippen LogP contribution in [-0.2, 0) is 11.8 Å². The summed E-state index contributed by atoms with van der Waals surface area (Å²) >= 11 is 0. The molecule has 2 unspecified atom stereocenters. The second-order valence-corrected chi connectivity index (χ2v) is 7.88. The van der Waals surface area contributed by atoms with Gasteiger partial charge in [-0.3, -0.25) is 4.90 Å². The highest BCUT2D eigenvalue weighted by Gasteiger charge is 2.48. The molecular weight excluding hydrogens is 394 g/mol. The van der Waals surface area contributed by atoms with Gasteiger partial charge in [-0.05, 0) is 48.2 Å². The third-order valence-electron chi connectivity index (χ3n) is 6.30. The van der Waals surface area contributed by atoms with E-state index >= 15 is 0 Å². The van der Waals surface area contributed by atoms with Gasteiger partial charge in [0, 0.05) is 18.0 Å². The normalized spacial score (nSPS) is 21.2. The maximum atomic E-state index is 10.7. The molecule has 158 valence electrons. The topological polar surface area (TPSA) is 32.7 Å². The second kappa shape index (κ2) is 10.1. The van der Waals surface area contributed by atoms with Gasteiger partial charge in [-0.2, -0.15) is 0 Å². The van der Waals surface area contributed by atoms with E-state index in [0.29, 0.717) is 0 Å². The van der Waals surface area contributed by atoms with Crippen molar-refractivity contribution in [1.29, 1.82) is 0 Å². The zero-order valence-corrected chi connectivity index (χ0v) is 18.2. The van der Waals surface area contributed by atoms with Gasteiger partial charge in [0.15, 0.2) is 0 Å². The van der Waals surface area contributed by atoms with E-state index in [4.69, 9.17) is 4.74 Å². The number of hydrogen-bond donors (Lipinski definition) is 1. The molecule has 1 aliphatic rings. The predicted molar refractivity (Wildman–Crippen MR) is 125 cm³/mol. The molecule has 1 saturated heterocycles. The lowest BCUT2D eigenvalue weighted by molar-refractivity contribution is 0.136. The highest BCUT2D eigenvalue weighted by molar-refractivity contribution is 5.85. The fourth-order valence-electron chi connectivity index (χ4n) is 4.79. The summed E-state index contributed by atoms with van der Waals surface area (Å²) in [6, 6.07) is 29.6. The smallest absolute Gasteiger partial charge is 0.119 e. The maximum absolute atomic E-state index is 10.7. The molecule has 2 atom stereocenters. The van der Waals surface area contributed by atoms with Gasteiger partial charge >= 0.3 is 0 Å². The number of aliphatic hydroxyl groups is 1. The minimum absolute atomic E-state index is 0. The standard InChI is InChI=1S/C26H29NO2.ClH/c1-29-24-14-8-11-22(19-24)25-26(20-28,23-12-6-3-7-13-23)16-18-27(25)17-15-21-9-4-2-5-10-21;/h2-14,19,25,28H,15-18,20H2,1H3;1H. The van der Waals surface area contributed by atoms with E-state index in [1.54, 1.807) is 7.11 Å². The minimum atomic E-state index is -0.315. The molecule has 0 amide bonds. The van der Waals surface area contributed by atoms with Crippen LogP contribution in [0, 0.1) is 0 Å². The van der Waals surface area contributed by atoms with E-state index in [1.165, 1.54) is 16.7 Å². The number of likely N-dealkylation sites (tertiary alicyclic amines) is 1. The molecule has 0 saturated carbocycles. The molecule has 0 radical (unpaired) electrons. The molecule has 0 aliphatic carbocycles. The van der Waals surface area contributed by atoms with Crippen LogP contribution in [0.25, 0.3) is 0 Å².